The zero-order valence-electron chi connectivity index (χ0n) is 9.05. The van der Waals surface area contributed by atoms with Crippen molar-refractivity contribution in [2.24, 2.45) is 0 Å². The highest BCUT2D eigenvalue weighted by Crippen LogP contribution is 2.03. The van der Waals surface area contributed by atoms with Crippen LogP contribution in [0.1, 0.15) is 19.5 Å². The number of nitriles is 1. The lowest BCUT2D eigenvalue weighted by Gasteiger charge is -2.14. The summed E-state index contributed by atoms with van der Waals surface area (Å²) in [4.78, 5) is 0. The lowest BCUT2D eigenvalue weighted by atomic mass is 10.3. The first kappa shape index (κ1) is 11.8. The second kappa shape index (κ2) is 5.54. The highest BCUT2D eigenvalue weighted by Gasteiger charge is 2.08. The van der Waals surface area contributed by atoms with Crippen molar-refractivity contribution in [3.63, 3.8) is 0 Å². The molecule has 0 aliphatic heterocycles. The summed E-state index contributed by atoms with van der Waals surface area (Å²) in [6, 6.07) is 5.56. The van der Waals surface area contributed by atoms with Crippen molar-refractivity contribution in [3.8, 4) is 6.07 Å². The fraction of sp³-hybridized carbons (Fsp3) is 0.545. The molecule has 0 amide bonds. The molecule has 1 atom stereocenters. The summed E-state index contributed by atoms with van der Waals surface area (Å²) in [6.45, 7) is 4.52. The van der Waals surface area contributed by atoms with Crippen LogP contribution in [0.5, 0.6) is 0 Å². The summed E-state index contributed by atoms with van der Waals surface area (Å²) >= 11 is 0. The van der Waals surface area contributed by atoms with Crippen LogP contribution < -0.4 is 0 Å². The summed E-state index contributed by atoms with van der Waals surface area (Å²) in [5, 5.41) is 18.4. The van der Waals surface area contributed by atoms with E-state index in [2.05, 4.69) is 6.07 Å². The molecule has 4 nitrogen and oxygen atoms in total. The van der Waals surface area contributed by atoms with Crippen molar-refractivity contribution < 1.29 is 9.84 Å². The van der Waals surface area contributed by atoms with Crippen molar-refractivity contribution in [2.45, 2.75) is 32.6 Å². The Morgan fingerprint density at radius 3 is 2.93 bits per heavy atom. The summed E-state index contributed by atoms with van der Waals surface area (Å²) < 4.78 is 7.00. The first-order chi connectivity index (χ1) is 7.13. The van der Waals surface area contributed by atoms with Crippen LogP contribution >= 0.6 is 0 Å². The molecule has 1 unspecified atom stereocenters. The van der Waals surface area contributed by atoms with Gasteiger partial charge in [0.2, 0.25) is 0 Å². The van der Waals surface area contributed by atoms with Gasteiger partial charge in [0, 0.05) is 6.20 Å². The molecule has 0 aliphatic rings. The van der Waals surface area contributed by atoms with Crippen LogP contribution in [0.3, 0.4) is 0 Å². The van der Waals surface area contributed by atoms with Crippen LogP contribution in [-0.2, 0) is 11.3 Å². The predicted octanol–water partition coefficient (Wildman–Crippen LogP) is 1.15. The zero-order chi connectivity index (χ0) is 11.3. The van der Waals surface area contributed by atoms with Crippen molar-refractivity contribution >= 4 is 0 Å². The summed E-state index contributed by atoms with van der Waals surface area (Å²) in [7, 11) is 0. The standard InChI is InChI=1S/C11H16N2O2/c1-9(2)15-8-11(14)7-13-5-3-4-10(13)6-12/h3-5,9,11,14H,7-8H2,1-2H3. The lowest BCUT2D eigenvalue weighted by Crippen LogP contribution is -2.24. The van der Waals surface area contributed by atoms with Gasteiger partial charge in [0.1, 0.15) is 11.8 Å². The Morgan fingerprint density at radius 2 is 2.33 bits per heavy atom. The Balaban J connectivity index is 2.45. The van der Waals surface area contributed by atoms with Gasteiger partial charge in [-0.05, 0) is 26.0 Å². The molecule has 4 heteroatoms. The van der Waals surface area contributed by atoms with Crippen molar-refractivity contribution in [3.05, 3.63) is 24.0 Å². The zero-order valence-corrected chi connectivity index (χ0v) is 9.05. The molecule has 1 rings (SSSR count). The highest BCUT2D eigenvalue weighted by atomic mass is 16.5. The Morgan fingerprint density at radius 1 is 1.60 bits per heavy atom. The van der Waals surface area contributed by atoms with E-state index in [1.807, 2.05) is 13.8 Å². The maximum absolute atomic E-state index is 9.63. The predicted molar refractivity (Wildman–Crippen MR) is 56.2 cm³/mol. The molecule has 0 bridgehead atoms. The largest absolute Gasteiger partial charge is 0.389 e. The summed E-state index contributed by atoms with van der Waals surface area (Å²) in [6.07, 6.45) is 1.31. The van der Waals surface area contributed by atoms with Gasteiger partial charge < -0.3 is 14.4 Å². The molecule has 1 aromatic heterocycles. The van der Waals surface area contributed by atoms with Crippen molar-refractivity contribution in [1.29, 1.82) is 5.26 Å². The molecule has 15 heavy (non-hydrogen) atoms. The number of ether oxygens (including phenoxy) is 1. The van der Waals surface area contributed by atoms with Crippen LogP contribution in [0, 0.1) is 11.3 Å². The van der Waals surface area contributed by atoms with Gasteiger partial charge in [0.25, 0.3) is 0 Å². The SMILES string of the molecule is CC(C)OCC(O)Cn1cccc1C#N. The Labute approximate surface area is 89.7 Å². The number of aliphatic hydroxyl groups is 1. The molecule has 82 valence electrons. The number of nitrogens with zero attached hydrogens (tertiary/aromatic N) is 2. The molecule has 1 aromatic rings. The molecule has 1 heterocycles. The first-order valence-corrected chi connectivity index (χ1v) is 4.98. The van der Waals surface area contributed by atoms with Crippen molar-refractivity contribution in [2.75, 3.05) is 6.61 Å². The maximum Gasteiger partial charge on any atom is 0.120 e. The Kier molecular flexibility index (Phi) is 4.35. The fourth-order valence-electron chi connectivity index (χ4n) is 1.26. The molecule has 0 radical (unpaired) electrons. The van der Waals surface area contributed by atoms with E-state index in [4.69, 9.17) is 10.00 Å². The second-order valence-electron chi connectivity index (χ2n) is 3.69. The van der Waals surface area contributed by atoms with Gasteiger partial charge in [-0.25, -0.2) is 0 Å². The van der Waals surface area contributed by atoms with E-state index in [-0.39, 0.29) is 6.10 Å². The number of hydrogen-bond donors (Lipinski definition) is 1. The second-order valence-corrected chi connectivity index (χ2v) is 3.69. The van der Waals surface area contributed by atoms with Gasteiger partial charge in [-0.2, -0.15) is 5.26 Å². The molecule has 0 saturated heterocycles. The van der Waals surface area contributed by atoms with Gasteiger partial charge in [0.05, 0.1) is 25.4 Å². The van der Waals surface area contributed by atoms with E-state index in [0.717, 1.165) is 0 Å². The third-order valence-corrected chi connectivity index (χ3v) is 1.97. The van der Waals surface area contributed by atoms with E-state index in [1.54, 1.807) is 22.9 Å². The van der Waals surface area contributed by atoms with Crippen LogP contribution in [-0.4, -0.2) is 28.5 Å². The monoisotopic (exact) mass is 208 g/mol. The minimum Gasteiger partial charge on any atom is -0.389 e. The maximum atomic E-state index is 9.63. The molecule has 0 aromatic carbocycles. The normalized spacial score (nSPS) is 12.7. The van der Waals surface area contributed by atoms with E-state index in [0.29, 0.717) is 18.8 Å². The molecule has 0 saturated carbocycles. The lowest BCUT2D eigenvalue weighted by molar-refractivity contribution is -0.000737. The number of aliphatic hydroxyl groups excluding tert-OH is 1. The van der Waals surface area contributed by atoms with Crippen LogP contribution in [0.25, 0.3) is 0 Å². The fourth-order valence-corrected chi connectivity index (χ4v) is 1.26. The molecular formula is C11H16N2O2. The Hall–Kier alpha value is -1.31. The Bertz CT molecular complexity index is 339. The topological polar surface area (TPSA) is 58.2 Å². The average molecular weight is 208 g/mol. The van der Waals surface area contributed by atoms with E-state index < -0.39 is 6.10 Å². The van der Waals surface area contributed by atoms with E-state index in [1.165, 1.54) is 0 Å². The minimum atomic E-state index is -0.577. The number of aromatic nitrogens is 1. The van der Waals surface area contributed by atoms with Gasteiger partial charge in [-0.15, -0.1) is 0 Å². The minimum absolute atomic E-state index is 0.111. The van der Waals surface area contributed by atoms with Crippen LogP contribution in [0.2, 0.25) is 0 Å². The van der Waals surface area contributed by atoms with Gasteiger partial charge >= 0.3 is 0 Å². The molecule has 0 aliphatic carbocycles. The van der Waals surface area contributed by atoms with Crippen molar-refractivity contribution in [1.82, 2.24) is 4.57 Å². The van der Waals surface area contributed by atoms with Gasteiger partial charge in [-0.3, -0.25) is 0 Å². The molecule has 0 spiro atoms. The summed E-state index contributed by atoms with van der Waals surface area (Å²) in [5.41, 5.74) is 0.554. The molecular weight excluding hydrogens is 192 g/mol. The van der Waals surface area contributed by atoms with Crippen LogP contribution in [0.15, 0.2) is 18.3 Å². The third kappa shape index (κ3) is 3.74. The van der Waals surface area contributed by atoms with E-state index in [9.17, 15) is 5.11 Å². The smallest absolute Gasteiger partial charge is 0.120 e. The molecule has 0 fully saturated rings. The van der Waals surface area contributed by atoms with Crippen LogP contribution in [0.4, 0.5) is 0 Å². The average Bonchev–Trinajstić information content (AvgIpc) is 2.62. The molecule has 1 N–H and O–H groups in total. The number of rotatable bonds is 5. The van der Waals surface area contributed by atoms with Gasteiger partial charge in [-0.1, -0.05) is 0 Å². The highest BCUT2D eigenvalue weighted by molar-refractivity contribution is 5.21. The first-order valence-electron chi connectivity index (χ1n) is 4.98. The van der Waals surface area contributed by atoms with E-state index >= 15 is 0 Å². The quantitative estimate of drug-likeness (QED) is 0.789. The number of hydrogen-bond acceptors (Lipinski definition) is 3. The van der Waals surface area contributed by atoms with Gasteiger partial charge in [0.15, 0.2) is 0 Å². The third-order valence-electron chi connectivity index (χ3n) is 1.97. The summed E-state index contributed by atoms with van der Waals surface area (Å²) in [5.74, 6) is 0.